The molecule has 0 spiro atoms. The van der Waals surface area contributed by atoms with Crippen LogP contribution in [0.15, 0.2) is 30.7 Å². The monoisotopic (exact) mass is 331 g/mol. The zero-order chi connectivity index (χ0) is 15.6. The van der Waals surface area contributed by atoms with E-state index >= 15 is 0 Å². The van der Waals surface area contributed by atoms with Gasteiger partial charge in [0.05, 0.1) is 13.2 Å². The van der Waals surface area contributed by atoms with Gasteiger partial charge >= 0.3 is 0 Å². The van der Waals surface area contributed by atoms with Gasteiger partial charge in [0.1, 0.15) is 5.65 Å². The van der Waals surface area contributed by atoms with Crippen molar-refractivity contribution in [2.45, 2.75) is 0 Å². The molecule has 0 amide bonds. The number of nitrogens with one attached hydrogen (secondary N) is 1. The maximum absolute atomic E-state index is 6.04. The van der Waals surface area contributed by atoms with E-state index in [2.05, 4.69) is 25.3 Å². The third-order valence-corrected chi connectivity index (χ3v) is 3.71. The Morgan fingerprint density at radius 2 is 2.00 bits per heavy atom. The molecule has 0 aromatic carbocycles. The molecule has 0 aliphatic carbocycles. The van der Waals surface area contributed by atoms with Gasteiger partial charge in [0, 0.05) is 43.4 Å². The summed E-state index contributed by atoms with van der Waals surface area (Å²) < 4.78 is 7.26. The number of pyridine rings is 1. The summed E-state index contributed by atoms with van der Waals surface area (Å²) in [5, 5.41) is 3.31. The number of rotatable bonds is 3. The Kier molecular flexibility index (Phi) is 3.68. The molecule has 1 N–H and O–H groups in total. The molecule has 3 aromatic heterocycles. The van der Waals surface area contributed by atoms with Crippen LogP contribution in [0.5, 0.6) is 0 Å². The Labute approximate surface area is 137 Å². The van der Waals surface area contributed by atoms with Crippen LogP contribution < -0.4 is 10.2 Å². The maximum atomic E-state index is 6.04. The summed E-state index contributed by atoms with van der Waals surface area (Å²) in [6, 6.07) is 3.83. The molecule has 4 heterocycles. The predicted octanol–water partition coefficient (Wildman–Crippen LogP) is 1.75. The molecule has 23 heavy (non-hydrogen) atoms. The molecule has 0 bridgehead atoms. The highest BCUT2D eigenvalue weighted by atomic mass is 35.5. The smallest absolute Gasteiger partial charge is 0.233 e. The summed E-state index contributed by atoms with van der Waals surface area (Å²) in [4.78, 5) is 19.1. The normalized spacial score (nSPS) is 15.1. The summed E-state index contributed by atoms with van der Waals surface area (Å²) >= 11 is 6.04. The van der Waals surface area contributed by atoms with Crippen LogP contribution in [0.4, 0.5) is 17.6 Å². The van der Waals surface area contributed by atoms with Gasteiger partial charge in [-0.2, -0.15) is 15.0 Å². The highest BCUT2D eigenvalue weighted by Gasteiger charge is 2.16. The Morgan fingerprint density at radius 3 is 2.87 bits per heavy atom. The fourth-order valence-electron chi connectivity index (χ4n) is 2.42. The third kappa shape index (κ3) is 3.03. The van der Waals surface area contributed by atoms with Gasteiger partial charge in [-0.05, 0) is 17.7 Å². The van der Waals surface area contributed by atoms with E-state index < -0.39 is 0 Å². The lowest BCUT2D eigenvalue weighted by Crippen LogP contribution is -2.37. The minimum Gasteiger partial charge on any atom is -0.378 e. The molecule has 4 rings (SSSR count). The number of hydrogen-bond acceptors (Lipinski definition) is 7. The van der Waals surface area contributed by atoms with Crippen LogP contribution in [-0.2, 0) is 4.74 Å². The number of aromatic nitrogens is 5. The first kappa shape index (κ1) is 14.2. The van der Waals surface area contributed by atoms with E-state index in [0.29, 0.717) is 25.1 Å². The van der Waals surface area contributed by atoms with Crippen LogP contribution in [0.1, 0.15) is 0 Å². The fraction of sp³-hybridized carbons (Fsp3) is 0.286. The van der Waals surface area contributed by atoms with Gasteiger partial charge < -0.3 is 19.4 Å². The summed E-state index contributed by atoms with van der Waals surface area (Å²) in [5.41, 5.74) is 1.67. The first-order valence-electron chi connectivity index (χ1n) is 7.22. The summed E-state index contributed by atoms with van der Waals surface area (Å²) in [6.45, 7) is 2.78. The summed E-state index contributed by atoms with van der Waals surface area (Å²) in [7, 11) is 0. The fourth-order valence-corrected chi connectivity index (χ4v) is 2.57. The molecule has 0 atom stereocenters. The van der Waals surface area contributed by atoms with E-state index in [0.717, 1.165) is 24.4 Å². The van der Waals surface area contributed by atoms with Crippen molar-refractivity contribution in [2.75, 3.05) is 36.5 Å². The van der Waals surface area contributed by atoms with Crippen LogP contribution >= 0.6 is 11.6 Å². The Morgan fingerprint density at radius 1 is 1.13 bits per heavy atom. The number of halogens is 1. The van der Waals surface area contributed by atoms with Crippen molar-refractivity contribution in [1.82, 2.24) is 24.3 Å². The molecule has 3 aromatic rings. The second-order valence-electron chi connectivity index (χ2n) is 5.06. The molecule has 118 valence electrons. The van der Waals surface area contributed by atoms with Crippen LogP contribution in [0, 0.1) is 0 Å². The van der Waals surface area contributed by atoms with Gasteiger partial charge in [-0.3, -0.25) is 0 Å². The molecule has 1 aliphatic rings. The van der Waals surface area contributed by atoms with Crippen LogP contribution in [-0.4, -0.2) is 50.6 Å². The average Bonchev–Trinajstić information content (AvgIpc) is 3.03. The lowest BCUT2D eigenvalue weighted by molar-refractivity contribution is 0.122. The van der Waals surface area contributed by atoms with E-state index in [-0.39, 0.29) is 5.28 Å². The second-order valence-corrected chi connectivity index (χ2v) is 5.40. The number of ether oxygens (including phenoxy) is 1. The predicted molar refractivity (Wildman–Crippen MR) is 86.3 cm³/mol. The minimum absolute atomic E-state index is 0.158. The Bertz CT molecular complexity index is 831. The number of imidazole rings is 1. The Hall–Kier alpha value is -2.45. The van der Waals surface area contributed by atoms with E-state index in [4.69, 9.17) is 16.3 Å². The number of fused-ring (bicyclic) bond motifs is 1. The van der Waals surface area contributed by atoms with E-state index in [9.17, 15) is 0 Å². The van der Waals surface area contributed by atoms with Crippen molar-refractivity contribution in [2.24, 2.45) is 0 Å². The largest absolute Gasteiger partial charge is 0.378 e. The number of nitrogens with zero attached hydrogens (tertiary/aromatic N) is 6. The second kappa shape index (κ2) is 5.98. The highest BCUT2D eigenvalue weighted by Crippen LogP contribution is 2.19. The third-order valence-electron chi connectivity index (χ3n) is 3.54. The maximum Gasteiger partial charge on any atom is 0.233 e. The average molecular weight is 332 g/mol. The molecular formula is C14H14ClN7O. The molecule has 1 aliphatic heterocycles. The van der Waals surface area contributed by atoms with Gasteiger partial charge in [-0.25, -0.2) is 4.98 Å². The standard InChI is InChI=1S/C14H14ClN7O/c15-12-18-13(20-14(19-12)22-5-7-23-8-6-22)17-10-1-3-21-4-2-16-11(21)9-10/h1-4,9H,5-8H2,(H,17,18,19,20). The molecule has 0 unspecified atom stereocenters. The van der Waals surface area contributed by atoms with Crippen molar-refractivity contribution in [3.63, 3.8) is 0 Å². The lowest BCUT2D eigenvalue weighted by atomic mass is 10.4. The van der Waals surface area contributed by atoms with Crippen molar-refractivity contribution in [3.05, 3.63) is 36.0 Å². The van der Waals surface area contributed by atoms with E-state index in [1.165, 1.54) is 0 Å². The van der Waals surface area contributed by atoms with Crippen LogP contribution in [0.3, 0.4) is 0 Å². The summed E-state index contributed by atoms with van der Waals surface area (Å²) in [5.74, 6) is 0.958. The van der Waals surface area contributed by atoms with Crippen LogP contribution in [0.25, 0.3) is 5.65 Å². The number of morpholine rings is 1. The molecule has 0 radical (unpaired) electrons. The SMILES string of the molecule is Clc1nc(Nc2ccn3ccnc3c2)nc(N2CCOCC2)n1. The summed E-state index contributed by atoms with van der Waals surface area (Å²) in [6.07, 6.45) is 5.54. The molecule has 9 heteroatoms. The van der Waals surface area contributed by atoms with Crippen LogP contribution in [0.2, 0.25) is 5.28 Å². The molecule has 1 fully saturated rings. The van der Waals surface area contributed by atoms with E-state index in [1.54, 1.807) is 6.20 Å². The molecule has 1 saturated heterocycles. The van der Waals surface area contributed by atoms with Gasteiger partial charge in [0.2, 0.25) is 17.2 Å². The Balaban J connectivity index is 1.61. The topological polar surface area (TPSA) is 80.5 Å². The minimum atomic E-state index is 0.158. The van der Waals surface area contributed by atoms with Gasteiger partial charge in [-0.15, -0.1) is 0 Å². The lowest BCUT2D eigenvalue weighted by Gasteiger charge is -2.26. The van der Waals surface area contributed by atoms with Crippen molar-refractivity contribution in [1.29, 1.82) is 0 Å². The van der Waals surface area contributed by atoms with Crippen molar-refractivity contribution >= 4 is 34.8 Å². The number of anilines is 3. The number of hydrogen-bond donors (Lipinski definition) is 1. The van der Waals surface area contributed by atoms with Crippen molar-refractivity contribution < 1.29 is 4.74 Å². The highest BCUT2D eigenvalue weighted by molar-refractivity contribution is 6.28. The first-order chi connectivity index (χ1) is 11.3. The van der Waals surface area contributed by atoms with Gasteiger partial charge in [0.15, 0.2) is 0 Å². The first-order valence-corrected chi connectivity index (χ1v) is 7.60. The zero-order valence-corrected chi connectivity index (χ0v) is 12.9. The van der Waals surface area contributed by atoms with Gasteiger partial charge in [0.25, 0.3) is 0 Å². The quantitative estimate of drug-likeness (QED) is 0.783. The molecule has 8 nitrogen and oxygen atoms in total. The zero-order valence-electron chi connectivity index (χ0n) is 12.2. The van der Waals surface area contributed by atoms with E-state index in [1.807, 2.05) is 33.8 Å². The van der Waals surface area contributed by atoms with Crippen molar-refractivity contribution in [3.8, 4) is 0 Å². The molecular weight excluding hydrogens is 318 g/mol. The molecule has 0 saturated carbocycles. The van der Waals surface area contributed by atoms with Gasteiger partial charge in [-0.1, -0.05) is 0 Å².